The molecule has 0 aliphatic carbocycles. The maximum Gasteiger partial charge on any atom is 0.254 e. The van der Waals surface area contributed by atoms with Crippen LogP contribution in [0.3, 0.4) is 0 Å². The minimum Gasteiger partial charge on any atom is -0.354 e. The second kappa shape index (κ2) is 8.41. The number of aromatic nitrogens is 2. The fraction of sp³-hybridized carbons (Fsp3) is 0.389. The lowest BCUT2D eigenvalue weighted by atomic mass is 10.2. The first kappa shape index (κ1) is 18.6. The standard InChI is InChI=1S/C18H23FN4O2/c1-12-10-13(2)23(22-12)14(3)11-21-17(24)8-9-20-18(25)15-6-4-5-7-16(15)19/h4-7,10,14H,8-9,11H2,1-3H3,(H,20,25)(H,21,24)/t14-/m0/s1. The van der Waals surface area contributed by atoms with Crippen molar-refractivity contribution >= 4 is 11.8 Å². The van der Waals surface area contributed by atoms with Gasteiger partial charge in [0.25, 0.3) is 5.91 Å². The Bertz CT molecular complexity index is 757. The van der Waals surface area contributed by atoms with Crippen LogP contribution in [0.25, 0.3) is 0 Å². The van der Waals surface area contributed by atoms with Gasteiger partial charge in [-0.25, -0.2) is 4.39 Å². The van der Waals surface area contributed by atoms with E-state index in [0.717, 1.165) is 11.4 Å². The molecule has 25 heavy (non-hydrogen) atoms. The Morgan fingerprint density at radius 2 is 1.96 bits per heavy atom. The smallest absolute Gasteiger partial charge is 0.254 e. The van der Waals surface area contributed by atoms with Gasteiger partial charge in [0.2, 0.25) is 5.91 Å². The summed E-state index contributed by atoms with van der Waals surface area (Å²) in [5, 5.41) is 9.75. The second-order valence-electron chi connectivity index (χ2n) is 6.01. The van der Waals surface area contributed by atoms with Crippen molar-refractivity contribution < 1.29 is 14.0 Å². The average Bonchev–Trinajstić information content (AvgIpc) is 2.91. The van der Waals surface area contributed by atoms with Gasteiger partial charge >= 0.3 is 0 Å². The van der Waals surface area contributed by atoms with Gasteiger partial charge in [0, 0.05) is 25.2 Å². The largest absolute Gasteiger partial charge is 0.354 e. The molecule has 7 heteroatoms. The van der Waals surface area contributed by atoms with E-state index in [4.69, 9.17) is 0 Å². The molecule has 6 nitrogen and oxygen atoms in total. The number of carbonyl (C=O) groups excluding carboxylic acids is 2. The summed E-state index contributed by atoms with van der Waals surface area (Å²) >= 11 is 0. The zero-order valence-electron chi connectivity index (χ0n) is 14.7. The molecule has 1 atom stereocenters. The molecule has 0 spiro atoms. The molecule has 0 radical (unpaired) electrons. The van der Waals surface area contributed by atoms with E-state index in [0.29, 0.717) is 6.54 Å². The predicted octanol–water partition coefficient (Wildman–Crippen LogP) is 2.14. The monoisotopic (exact) mass is 346 g/mol. The third-order valence-electron chi connectivity index (χ3n) is 3.81. The van der Waals surface area contributed by atoms with E-state index >= 15 is 0 Å². The first-order valence-corrected chi connectivity index (χ1v) is 8.20. The third-order valence-corrected chi connectivity index (χ3v) is 3.81. The molecule has 0 aliphatic heterocycles. The molecule has 0 bridgehead atoms. The molecule has 1 aromatic carbocycles. The van der Waals surface area contributed by atoms with Crippen LogP contribution in [-0.4, -0.2) is 34.7 Å². The van der Waals surface area contributed by atoms with Crippen LogP contribution >= 0.6 is 0 Å². The fourth-order valence-corrected chi connectivity index (χ4v) is 2.56. The molecular weight excluding hydrogens is 323 g/mol. The summed E-state index contributed by atoms with van der Waals surface area (Å²) in [5.74, 6) is -1.28. The van der Waals surface area contributed by atoms with Crippen molar-refractivity contribution in [2.45, 2.75) is 33.2 Å². The number of amides is 2. The summed E-state index contributed by atoms with van der Waals surface area (Å²) in [6.07, 6.45) is 0.129. The van der Waals surface area contributed by atoms with Gasteiger partial charge in [-0.05, 0) is 39.0 Å². The van der Waals surface area contributed by atoms with Crippen molar-refractivity contribution in [3.8, 4) is 0 Å². The van der Waals surface area contributed by atoms with Crippen molar-refractivity contribution in [2.75, 3.05) is 13.1 Å². The molecule has 0 saturated heterocycles. The van der Waals surface area contributed by atoms with Crippen molar-refractivity contribution in [3.63, 3.8) is 0 Å². The minimum atomic E-state index is -0.580. The van der Waals surface area contributed by atoms with E-state index in [-0.39, 0.29) is 30.5 Å². The van der Waals surface area contributed by atoms with Crippen LogP contribution in [0.4, 0.5) is 4.39 Å². The van der Waals surface area contributed by atoms with E-state index in [1.54, 1.807) is 6.07 Å². The van der Waals surface area contributed by atoms with Crippen LogP contribution in [0, 0.1) is 19.7 Å². The Balaban J connectivity index is 1.73. The average molecular weight is 346 g/mol. The number of rotatable bonds is 7. The Morgan fingerprint density at radius 3 is 2.60 bits per heavy atom. The highest BCUT2D eigenvalue weighted by atomic mass is 19.1. The van der Waals surface area contributed by atoms with Crippen molar-refractivity contribution in [1.29, 1.82) is 0 Å². The molecular formula is C18H23FN4O2. The number of hydrogen-bond donors (Lipinski definition) is 2. The molecule has 0 unspecified atom stereocenters. The van der Waals surface area contributed by atoms with Gasteiger partial charge in [-0.1, -0.05) is 12.1 Å². The molecule has 2 aromatic rings. The molecule has 134 valence electrons. The predicted molar refractivity (Wildman–Crippen MR) is 92.8 cm³/mol. The van der Waals surface area contributed by atoms with Gasteiger partial charge in [0.1, 0.15) is 5.82 Å². The first-order valence-electron chi connectivity index (χ1n) is 8.20. The maximum atomic E-state index is 13.5. The number of hydrogen-bond acceptors (Lipinski definition) is 3. The number of halogens is 1. The number of carbonyl (C=O) groups is 2. The minimum absolute atomic E-state index is 0.0268. The molecule has 0 aliphatic rings. The van der Waals surface area contributed by atoms with Crippen molar-refractivity contribution in [1.82, 2.24) is 20.4 Å². The first-order chi connectivity index (χ1) is 11.9. The van der Waals surface area contributed by atoms with Crippen LogP contribution in [0.5, 0.6) is 0 Å². The van der Waals surface area contributed by atoms with Crippen LogP contribution in [0.1, 0.15) is 41.1 Å². The highest BCUT2D eigenvalue weighted by molar-refractivity contribution is 5.94. The lowest BCUT2D eigenvalue weighted by molar-refractivity contribution is -0.121. The van der Waals surface area contributed by atoms with Crippen molar-refractivity contribution in [2.24, 2.45) is 0 Å². The Morgan fingerprint density at radius 1 is 1.24 bits per heavy atom. The van der Waals surface area contributed by atoms with Crippen LogP contribution < -0.4 is 10.6 Å². The summed E-state index contributed by atoms with van der Waals surface area (Å²) in [6, 6.07) is 7.75. The number of nitrogens with zero attached hydrogens (tertiary/aromatic N) is 2. The highest BCUT2D eigenvalue weighted by Gasteiger charge is 2.13. The second-order valence-corrected chi connectivity index (χ2v) is 6.01. The van der Waals surface area contributed by atoms with Crippen molar-refractivity contribution in [3.05, 3.63) is 53.1 Å². The van der Waals surface area contributed by atoms with Gasteiger partial charge < -0.3 is 10.6 Å². The molecule has 1 aromatic heterocycles. The quantitative estimate of drug-likeness (QED) is 0.806. The van der Waals surface area contributed by atoms with E-state index in [1.807, 2.05) is 31.5 Å². The Hall–Kier alpha value is -2.70. The molecule has 1 heterocycles. The van der Waals surface area contributed by atoms with Crippen LogP contribution in [-0.2, 0) is 4.79 Å². The van der Waals surface area contributed by atoms with Gasteiger partial charge in [-0.15, -0.1) is 0 Å². The number of aryl methyl sites for hydroxylation is 2. The third kappa shape index (κ3) is 5.14. The van der Waals surface area contributed by atoms with Gasteiger partial charge in [0.05, 0.1) is 17.3 Å². The number of benzene rings is 1. The van der Waals surface area contributed by atoms with Crippen LogP contribution in [0.15, 0.2) is 30.3 Å². The molecule has 2 rings (SSSR count). The summed E-state index contributed by atoms with van der Waals surface area (Å²) < 4.78 is 15.4. The zero-order valence-corrected chi connectivity index (χ0v) is 14.7. The van der Waals surface area contributed by atoms with E-state index in [1.165, 1.54) is 18.2 Å². The molecule has 2 N–H and O–H groups in total. The topological polar surface area (TPSA) is 76.0 Å². The molecule has 0 saturated carbocycles. The highest BCUT2D eigenvalue weighted by Crippen LogP contribution is 2.09. The summed E-state index contributed by atoms with van der Waals surface area (Å²) in [5.41, 5.74) is 1.95. The lowest BCUT2D eigenvalue weighted by Gasteiger charge is -2.15. The van der Waals surface area contributed by atoms with Crippen LogP contribution in [0.2, 0.25) is 0 Å². The SMILES string of the molecule is Cc1cc(C)n([C@@H](C)CNC(=O)CCNC(=O)c2ccccc2F)n1. The summed E-state index contributed by atoms with van der Waals surface area (Å²) in [6.45, 7) is 6.46. The number of nitrogens with one attached hydrogen (secondary N) is 2. The zero-order chi connectivity index (χ0) is 18.4. The lowest BCUT2D eigenvalue weighted by Crippen LogP contribution is -2.34. The summed E-state index contributed by atoms with van der Waals surface area (Å²) in [7, 11) is 0. The Labute approximate surface area is 146 Å². The fourth-order valence-electron chi connectivity index (χ4n) is 2.56. The normalized spacial score (nSPS) is 11.8. The Kier molecular flexibility index (Phi) is 6.27. The maximum absolute atomic E-state index is 13.5. The summed E-state index contributed by atoms with van der Waals surface area (Å²) in [4.78, 5) is 23.7. The van der Waals surface area contributed by atoms with E-state index in [9.17, 15) is 14.0 Å². The van der Waals surface area contributed by atoms with Gasteiger partial charge in [-0.2, -0.15) is 5.10 Å². The molecule has 0 fully saturated rings. The van der Waals surface area contributed by atoms with Gasteiger partial charge in [0.15, 0.2) is 0 Å². The molecule has 2 amide bonds. The van der Waals surface area contributed by atoms with Gasteiger partial charge in [-0.3, -0.25) is 14.3 Å². The van der Waals surface area contributed by atoms with E-state index in [2.05, 4.69) is 15.7 Å². The van der Waals surface area contributed by atoms with E-state index < -0.39 is 11.7 Å².